The number of carboxylic acid groups (broad SMARTS) is 1. The fourth-order valence-corrected chi connectivity index (χ4v) is 3.67. The molecule has 2 aromatic carbocycles. The van der Waals surface area contributed by atoms with Crippen molar-refractivity contribution in [2.45, 2.75) is 12.8 Å². The zero-order chi connectivity index (χ0) is 22.7. The highest BCUT2D eigenvalue weighted by Gasteiger charge is 2.29. The SMILES string of the molecule is CC(CNC(=O)c1cc(NC(=O)OCC2c3ccccc3-c3ccccc32)n[nH]1)C(=O)O. The minimum atomic E-state index is -1.01. The first kappa shape index (κ1) is 21.1. The monoisotopic (exact) mass is 434 g/mol. The Bertz CT molecular complexity index is 1130. The summed E-state index contributed by atoms with van der Waals surface area (Å²) in [5.74, 6) is -2.19. The predicted molar refractivity (Wildman–Crippen MR) is 116 cm³/mol. The number of ether oxygens (including phenoxy) is 1. The Morgan fingerprint density at radius 1 is 1.09 bits per heavy atom. The lowest BCUT2D eigenvalue weighted by Gasteiger charge is -2.14. The molecule has 1 atom stereocenters. The fourth-order valence-electron chi connectivity index (χ4n) is 3.67. The van der Waals surface area contributed by atoms with Crippen molar-refractivity contribution < 1.29 is 24.2 Å². The van der Waals surface area contributed by atoms with Gasteiger partial charge < -0.3 is 15.2 Å². The van der Waals surface area contributed by atoms with Crippen LogP contribution in [0.15, 0.2) is 54.6 Å². The normalized spacial score (nSPS) is 13.0. The number of amides is 2. The van der Waals surface area contributed by atoms with Crippen molar-refractivity contribution in [3.63, 3.8) is 0 Å². The van der Waals surface area contributed by atoms with Crippen molar-refractivity contribution in [1.82, 2.24) is 15.5 Å². The van der Waals surface area contributed by atoms with Gasteiger partial charge in [0, 0.05) is 18.5 Å². The number of aromatic amines is 1. The molecule has 4 rings (SSSR count). The topological polar surface area (TPSA) is 133 Å². The molecule has 0 radical (unpaired) electrons. The van der Waals surface area contributed by atoms with Gasteiger partial charge in [0.15, 0.2) is 5.82 Å². The van der Waals surface area contributed by atoms with E-state index in [1.165, 1.54) is 13.0 Å². The number of H-pyrrole nitrogens is 1. The Kier molecular flexibility index (Phi) is 5.89. The average molecular weight is 434 g/mol. The van der Waals surface area contributed by atoms with Crippen molar-refractivity contribution >= 4 is 23.8 Å². The summed E-state index contributed by atoms with van der Waals surface area (Å²) in [5, 5.41) is 20.2. The number of rotatable bonds is 7. The third-order valence-electron chi connectivity index (χ3n) is 5.39. The third-order valence-corrected chi connectivity index (χ3v) is 5.39. The number of aromatic nitrogens is 2. The molecule has 9 heteroatoms. The highest BCUT2D eigenvalue weighted by Crippen LogP contribution is 2.44. The number of aliphatic carboxylic acids is 1. The predicted octanol–water partition coefficient (Wildman–Crippen LogP) is 3.22. The van der Waals surface area contributed by atoms with Gasteiger partial charge in [-0.05, 0) is 22.3 Å². The molecule has 1 unspecified atom stereocenters. The summed E-state index contributed by atoms with van der Waals surface area (Å²) in [7, 11) is 0. The maximum Gasteiger partial charge on any atom is 0.412 e. The molecule has 2 amide bonds. The quantitative estimate of drug-likeness (QED) is 0.451. The first-order valence-corrected chi connectivity index (χ1v) is 10.1. The van der Waals surface area contributed by atoms with Crippen molar-refractivity contribution in [1.29, 1.82) is 0 Å². The number of carbonyl (C=O) groups excluding carboxylic acids is 2. The van der Waals surface area contributed by atoms with Crippen molar-refractivity contribution in [2.75, 3.05) is 18.5 Å². The minimum Gasteiger partial charge on any atom is -0.481 e. The summed E-state index contributed by atoms with van der Waals surface area (Å²) in [5.41, 5.74) is 4.58. The fraction of sp³-hybridized carbons (Fsp3) is 0.217. The van der Waals surface area contributed by atoms with Crippen LogP contribution in [-0.4, -0.2) is 46.4 Å². The van der Waals surface area contributed by atoms with E-state index in [1.807, 2.05) is 36.4 Å². The van der Waals surface area contributed by atoms with E-state index in [-0.39, 0.29) is 30.6 Å². The molecule has 164 valence electrons. The van der Waals surface area contributed by atoms with Crippen LogP contribution in [0.4, 0.5) is 10.6 Å². The van der Waals surface area contributed by atoms with E-state index < -0.39 is 23.9 Å². The molecular formula is C23H22N4O5. The van der Waals surface area contributed by atoms with E-state index in [4.69, 9.17) is 9.84 Å². The molecule has 32 heavy (non-hydrogen) atoms. The maximum absolute atomic E-state index is 12.3. The Labute approximate surface area is 183 Å². The number of nitrogens with zero attached hydrogens (tertiary/aromatic N) is 1. The van der Waals surface area contributed by atoms with Gasteiger partial charge in [-0.15, -0.1) is 0 Å². The molecule has 3 aromatic rings. The third kappa shape index (κ3) is 4.31. The van der Waals surface area contributed by atoms with Gasteiger partial charge in [-0.3, -0.25) is 20.0 Å². The molecule has 1 aromatic heterocycles. The number of hydrogen-bond donors (Lipinski definition) is 4. The zero-order valence-corrected chi connectivity index (χ0v) is 17.3. The maximum atomic E-state index is 12.3. The largest absolute Gasteiger partial charge is 0.481 e. The van der Waals surface area contributed by atoms with Crippen molar-refractivity contribution in [2.24, 2.45) is 5.92 Å². The van der Waals surface area contributed by atoms with Gasteiger partial charge in [-0.25, -0.2) is 4.79 Å². The van der Waals surface area contributed by atoms with Crippen molar-refractivity contribution in [3.8, 4) is 11.1 Å². The second-order valence-corrected chi connectivity index (χ2v) is 7.57. The van der Waals surface area contributed by atoms with Crippen LogP contribution in [-0.2, 0) is 9.53 Å². The number of nitrogens with one attached hydrogen (secondary N) is 3. The van der Waals surface area contributed by atoms with E-state index in [0.29, 0.717) is 0 Å². The van der Waals surface area contributed by atoms with E-state index in [0.717, 1.165) is 22.3 Å². The molecule has 9 nitrogen and oxygen atoms in total. The molecule has 0 saturated carbocycles. The van der Waals surface area contributed by atoms with E-state index in [2.05, 4.69) is 33.0 Å². The van der Waals surface area contributed by atoms with Crippen LogP contribution in [0.5, 0.6) is 0 Å². The van der Waals surface area contributed by atoms with Crippen LogP contribution in [0.1, 0.15) is 34.5 Å². The summed E-state index contributed by atoms with van der Waals surface area (Å²) < 4.78 is 5.45. The van der Waals surface area contributed by atoms with Gasteiger partial charge in [0.05, 0.1) is 5.92 Å². The lowest BCUT2D eigenvalue weighted by molar-refractivity contribution is -0.140. The molecule has 0 saturated heterocycles. The minimum absolute atomic E-state index is 0.0255. The summed E-state index contributed by atoms with van der Waals surface area (Å²) in [6, 6.07) is 17.4. The average Bonchev–Trinajstić information content (AvgIpc) is 3.38. The first-order chi connectivity index (χ1) is 15.4. The molecule has 1 heterocycles. The summed E-state index contributed by atoms with van der Waals surface area (Å²) >= 11 is 0. The van der Waals surface area contributed by atoms with Gasteiger partial charge in [0.25, 0.3) is 5.91 Å². The number of fused-ring (bicyclic) bond motifs is 3. The summed E-state index contributed by atoms with van der Waals surface area (Å²) in [4.78, 5) is 35.2. The van der Waals surface area contributed by atoms with Crippen LogP contribution in [0.25, 0.3) is 11.1 Å². The molecule has 1 aliphatic carbocycles. The van der Waals surface area contributed by atoms with Crippen LogP contribution < -0.4 is 10.6 Å². The number of carbonyl (C=O) groups is 3. The lowest BCUT2D eigenvalue weighted by atomic mass is 9.98. The van der Waals surface area contributed by atoms with E-state index in [1.54, 1.807) is 0 Å². The Morgan fingerprint density at radius 3 is 2.34 bits per heavy atom. The standard InChI is InChI=1S/C23H22N4O5/c1-13(22(29)30)11-24-21(28)19-10-20(27-26-19)25-23(31)32-12-18-16-8-4-2-6-14(16)15-7-3-5-9-17(15)18/h2-10,13,18H,11-12H2,1H3,(H,24,28)(H,29,30)(H2,25,26,27,31). The highest BCUT2D eigenvalue weighted by molar-refractivity contribution is 5.94. The van der Waals surface area contributed by atoms with E-state index in [9.17, 15) is 14.4 Å². The molecule has 0 aliphatic heterocycles. The molecule has 0 fully saturated rings. The van der Waals surface area contributed by atoms with Crippen LogP contribution in [0.3, 0.4) is 0 Å². The van der Waals surface area contributed by atoms with Crippen molar-refractivity contribution in [3.05, 3.63) is 71.4 Å². The molecular weight excluding hydrogens is 412 g/mol. The van der Waals surface area contributed by atoms with Gasteiger partial charge in [0.2, 0.25) is 0 Å². The lowest BCUT2D eigenvalue weighted by Crippen LogP contribution is -2.31. The smallest absolute Gasteiger partial charge is 0.412 e. The van der Waals surface area contributed by atoms with Gasteiger partial charge in [0.1, 0.15) is 12.3 Å². The molecule has 0 spiro atoms. The second-order valence-electron chi connectivity index (χ2n) is 7.57. The first-order valence-electron chi connectivity index (χ1n) is 10.1. The zero-order valence-electron chi connectivity index (χ0n) is 17.3. The Morgan fingerprint density at radius 2 is 1.72 bits per heavy atom. The second kappa shape index (κ2) is 8.93. The Hall–Kier alpha value is -4.14. The van der Waals surface area contributed by atoms with Gasteiger partial charge >= 0.3 is 12.1 Å². The van der Waals surface area contributed by atoms with E-state index >= 15 is 0 Å². The number of anilines is 1. The van der Waals surface area contributed by atoms with Gasteiger partial charge in [-0.2, -0.15) is 5.10 Å². The van der Waals surface area contributed by atoms with Crippen LogP contribution in [0.2, 0.25) is 0 Å². The number of hydrogen-bond acceptors (Lipinski definition) is 5. The van der Waals surface area contributed by atoms with Crippen LogP contribution in [0, 0.1) is 5.92 Å². The van der Waals surface area contributed by atoms with Gasteiger partial charge in [-0.1, -0.05) is 55.5 Å². The summed E-state index contributed by atoms with van der Waals surface area (Å²) in [6.07, 6.45) is -0.690. The summed E-state index contributed by atoms with van der Waals surface area (Å²) in [6.45, 7) is 1.62. The Balaban J connectivity index is 1.34. The molecule has 1 aliphatic rings. The molecule has 0 bridgehead atoms. The number of carboxylic acids is 1. The van der Waals surface area contributed by atoms with Crippen LogP contribution >= 0.6 is 0 Å². The highest BCUT2D eigenvalue weighted by atomic mass is 16.5. The molecule has 4 N–H and O–H groups in total. The number of benzene rings is 2.